The number of hydrogen-bond acceptors (Lipinski definition) is 5. The topological polar surface area (TPSA) is 90.3 Å². The van der Waals surface area contributed by atoms with E-state index < -0.39 is 0 Å². The number of amides is 2. The average Bonchev–Trinajstić information content (AvgIpc) is 3.14. The van der Waals surface area contributed by atoms with Gasteiger partial charge in [-0.25, -0.2) is 9.48 Å². The summed E-state index contributed by atoms with van der Waals surface area (Å²) in [7, 11) is 3.05. The van der Waals surface area contributed by atoms with Crippen molar-refractivity contribution < 1.29 is 14.3 Å². The molecule has 3 rings (SSSR count). The van der Waals surface area contributed by atoms with E-state index >= 15 is 0 Å². The Morgan fingerprint density at radius 1 is 1.14 bits per heavy atom. The predicted octanol–water partition coefficient (Wildman–Crippen LogP) is 3.82. The van der Waals surface area contributed by atoms with Gasteiger partial charge in [0.05, 0.1) is 37.5 Å². The Kier molecular flexibility index (Phi) is 6.56. The van der Waals surface area contributed by atoms with E-state index in [1.165, 1.54) is 14.2 Å². The van der Waals surface area contributed by atoms with Gasteiger partial charge in [-0.15, -0.1) is 0 Å². The fraction of sp³-hybridized carbons (Fsp3) is 0.250. The summed E-state index contributed by atoms with van der Waals surface area (Å²) in [6, 6.07) is 10.5. The minimum absolute atomic E-state index is 0.249. The number of methoxy groups -OCH3 is 2. The van der Waals surface area contributed by atoms with Gasteiger partial charge in [0.1, 0.15) is 0 Å². The molecular weight excluding hydrogens is 394 g/mol. The minimum atomic E-state index is -0.353. The third kappa shape index (κ3) is 4.78. The summed E-state index contributed by atoms with van der Waals surface area (Å²) < 4.78 is 12.1. The molecule has 152 valence electrons. The van der Waals surface area contributed by atoms with Crippen molar-refractivity contribution in [1.29, 1.82) is 0 Å². The van der Waals surface area contributed by atoms with Crippen molar-refractivity contribution >= 4 is 23.3 Å². The molecule has 2 N–H and O–H groups in total. The highest BCUT2D eigenvalue weighted by molar-refractivity contribution is 6.30. The number of halogens is 1. The van der Waals surface area contributed by atoms with E-state index in [-0.39, 0.29) is 12.6 Å². The molecule has 2 aromatic heterocycles. The van der Waals surface area contributed by atoms with Crippen molar-refractivity contribution in [1.82, 2.24) is 20.1 Å². The molecule has 0 unspecified atom stereocenters. The second-order valence-corrected chi connectivity index (χ2v) is 6.51. The molecule has 0 aliphatic rings. The van der Waals surface area contributed by atoms with Gasteiger partial charge in [-0.1, -0.05) is 18.5 Å². The molecule has 0 bridgehead atoms. The molecule has 0 saturated heterocycles. The number of aromatic nitrogens is 3. The lowest BCUT2D eigenvalue weighted by molar-refractivity contribution is 0.251. The van der Waals surface area contributed by atoms with Gasteiger partial charge in [0, 0.05) is 23.2 Å². The fourth-order valence-electron chi connectivity index (χ4n) is 2.84. The maximum absolute atomic E-state index is 12.4. The van der Waals surface area contributed by atoms with Gasteiger partial charge >= 0.3 is 6.03 Å². The molecule has 0 fully saturated rings. The Morgan fingerprint density at radius 3 is 2.55 bits per heavy atom. The second-order valence-electron chi connectivity index (χ2n) is 6.08. The van der Waals surface area contributed by atoms with E-state index in [1.807, 2.05) is 19.1 Å². The first-order valence-corrected chi connectivity index (χ1v) is 9.39. The van der Waals surface area contributed by atoms with Crippen molar-refractivity contribution in [2.24, 2.45) is 0 Å². The number of carbonyl (C=O) groups excluding carboxylic acids is 1. The smallest absolute Gasteiger partial charge is 0.319 e. The van der Waals surface area contributed by atoms with Crippen LogP contribution in [0, 0.1) is 0 Å². The highest BCUT2D eigenvalue weighted by Crippen LogP contribution is 2.22. The zero-order valence-electron chi connectivity index (χ0n) is 16.4. The molecule has 0 radical (unpaired) electrons. The highest BCUT2D eigenvalue weighted by atomic mass is 35.5. The number of urea groups is 1. The Hall–Kier alpha value is -3.26. The summed E-state index contributed by atoms with van der Waals surface area (Å²) in [6.07, 6.45) is 2.32. The van der Waals surface area contributed by atoms with Crippen LogP contribution in [0.4, 0.5) is 10.5 Å². The number of nitrogens with zero attached hydrogens (tertiary/aromatic N) is 3. The average molecular weight is 416 g/mol. The molecular formula is C20H22ClN5O3. The van der Waals surface area contributed by atoms with E-state index in [4.69, 9.17) is 21.1 Å². The fourth-order valence-corrected chi connectivity index (χ4v) is 2.97. The Bertz CT molecular complexity index is 988. The molecule has 0 saturated carbocycles. The molecule has 1 aromatic carbocycles. The van der Waals surface area contributed by atoms with Crippen molar-refractivity contribution in [3.8, 4) is 17.4 Å². The van der Waals surface area contributed by atoms with E-state index in [0.29, 0.717) is 28.9 Å². The van der Waals surface area contributed by atoms with Crippen molar-refractivity contribution in [3.63, 3.8) is 0 Å². The Morgan fingerprint density at radius 2 is 1.90 bits per heavy atom. The van der Waals surface area contributed by atoms with Crippen LogP contribution in [-0.2, 0) is 13.0 Å². The predicted molar refractivity (Wildman–Crippen MR) is 111 cm³/mol. The first kappa shape index (κ1) is 20.5. The van der Waals surface area contributed by atoms with E-state index in [2.05, 4.69) is 20.7 Å². The molecule has 29 heavy (non-hydrogen) atoms. The van der Waals surface area contributed by atoms with E-state index in [0.717, 1.165) is 16.9 Å². The number of rotatable bonds is 7. The summed E-state index contributed by atoms with van der Waals surface area (Å²) in [5.41, 5.74) is 3.12. The van der Waals surface area contributed by atoms with Crippen molar-refractivity contribution in [2.45, 2.75) is 19.9 Å². The molecule has 0 aliphatic carbocycles. The third-order valence-corrected chi connectivity index (χ3v) is 4.53. The number of ether oxygens (including phenoxy) is 2. The number of anilines is 1. The quantitative estimate of drug-likeness (QED) is 0.612. The van der Waals surface area contributed by atoms with Crippen molar-refractivity contribution in [3.05, 3.63) is 58.9 Å². The van der Waals surface area contributed by atoms with Gasteiger partial charge in [-0.3, -0.25) is 0 Å². The maximum atomic E-state index is 12.4. The first-order chi connectivity index (χ1) is 14.0. The SMILES string of the molecule is CCc1c(NC(=O)NCc2ccc(OC)nc2OC)cnn1-c1ccc(Cl)cc1. The Balaban J connectivity index is 1.69. The lowest BCUT2D eigenvalue weighted by atomic mass is 10.2. The van der Waals surface area contributed by atoms with Crippen LogP contribution in [-0.4, -0.2) is 35.0 Å². The minimum Gasteiger partial charge on any atom is -0.481 e. The molecule has 0 spiro atoms. The second kappa shape index (κ2) is 9.29. The van der Waals surface area contributed by atoms with Crippen LogP contribution in [0.1, 0.15) is 18.2 Å². The van der Waals surface area contributed by atoms with Gasteiger partial charge < -0.3 is 20.1 Å². The molecule has 3 aromatic rings. The van der Waals surface area contributed by atoms with Gasteiger partial charge in [-0.05, 0) is 36.8 Å². The molecule has 9 heteroatoms. The van der Waals surface area contributed by atoms with Gasteiger partial charge in [-0.2, -0.15) is 10.1 Å². The first-order valence-electron chi connectivity index (χ1n) is 9.01. The molecule has 0 aliphatic heterocycles. The van der Waals surface area contributed by atoms with Crippen LogP contribution in [0.25, 0.3) is 5.69 Å². The zero-order valence-corrected chi connectivity index (χ0v) is 17.2. The lowest BCUT2D eigenvalue weighted by Gasteiger charge is -2.12. The highest BCUT2D eigenvalue weighted by Gasteiger charge is 2.14. The molecule has 2 heterocycles. The van der Waals surface area contributed by atoms with Crippen LogP contribution < -0.4 is 20.1 Å². The van der Waals surface area contributed by atoms with Gasteiger partial charge in [0.25, 0.3) is 0 Å². The molecule has 2 amide bonds. The lowest BCUT2D eigenvalue weighted by Crippen LogP contribution is -2.28. The third-order valence-electron chi connectivity index (χ3n) is 4.28. The van der Waals surface area contributed by atoms with Crippen LogP contribution in [0.5, 0.6) is 11.8 Å². The zero-order chi connectivity index (χ0) is 20.8. The maximum Gasteiger partial charge on any atom is 0.319 e. The van der Waals surface area contributed by atoms with Crippen LogP contribution in [0.3, 0.4) is 0 Å². The Labute approximate surface area is 173 Å². The number of benzene rings is 1. The summed E-state index contributed by atoms with van der Waals surface area (Å²) in [5.74, 6) is 0.840. The molecule has 8 nitrogen and oxygen atoms in total. The van der Waals surface area contributed by atoms with Crippen LogP contribution >= 0.6 is 11.6 Å². The summed E-state index contributed by atoms with van der Waals surface area (Å²) in [6.45, 7) is 2.25. The monoisotopic (exact) mass is 415 g/mol. The largest absolute Gasteiger partial charge is 0.481 e. The van der Waals surface area contributed by atoms with Crippen molar-refractivity contribution in [2.75, 3.05) is 19.5 Å². The van der Waals surface area contributed by atoms with Gasteiger partial charge in [0.2, 0.25) is 11.8 Å². The summed E-state index contributed by atoms with van der Waals surface area (Å²) >= 11 is 5.96. The number of carbonyl (C=O) groups is 1. The standard InChI is InChI=1S/C20H22ClN5O3/c1-4-17-16(12-23-26(17)15-8-6-14(21)7-9-15)24-20(27)22-11-13-5-10-18(28-2)25-19(13)29-3/h5-10,12H,4,11H2,1-3H3,(H2,22,24,27). The normalized spacial score (nSPS) is 10.5. The molecule has 0 atom stereocenters. The summed E-state index contributed by atoms with van der Waals surface area (Å²) in [4.78, 5) is 16.6. The summed E-state index contributed by atoms with van der Waals surface area (Å²) in [5, 5.41) is 10.7. The number of pyridine rings is 1. The van der Waals surface area contributed by atoms with Crippen LogP contribution in [0.15, 0.2) is 42.6 Å². The van der Waals surface area contributed by atoms with E-state index in [9.17, 15) is 4.79 Å². The number of nitrogens with one attached hydrogen (secondary N) is 2. The van der Waals surface area contributed by atoms with Crippen LogP contribution in [0.2, 0.25) is 5.02 Å². The van der Waals surface area contributed by atoms with E-state index in [1.54, 1.807) is 35.1 Å². The number of hydrogen-bond donors (Lipinski definition) is 2. The van der Waals surface area contributed by atoms with Gasteiger partial charge in [0.15, 0.2) is 0 Å².